The van der Waals surface area contributed by atoms with Gasteiger partial charge >= 0.3 is 0 Å². The first-order valence-corrected chi connectivity index (χ1v) is 7.02. The summed E-state index contributed by atoms with van der Waals surface area (Å²) < 4.78 is 0. The monoisotopic (exact) mass is 249 g/mol. The highest BCUT2D eigenvalue weighted by Gasteiger charge is 2.14. The van der Waals surface area contributed by atoms with E-state index < -0.39 is 0 Å². The van der Waals surface area contributed by atoms with Gasteiger partial charge in [-0.2, -0.15) is 0 Å². The summed E-state index contributed by atoms with van der Waals surface area (Å²) in [6.07, 6.45) is 7.18. The highest BCUT2D eigenvalue weighted by molar-refractivity contribution is 5.29. The van der Waals surface area contributed by atoms with Crippen LogP contribution in [0.15, 0.2) is 12.4 Å². The molecule has 0 aliphatic carbocycles. The van der Waals surface area contributed by atoms with Crippen LogP contribution in [-0.2, 0) is 6.42 Å². The molecule has 1 heterocycles. The van der Waals surface area contributed by atoms with Crippen LogP contribution in [-0.4, -0.2) is 23.1 Å². The van der Waals surface area contributed by atoms with Gasteiger partial charge in [-0.15, -0.1) is 0 Å². The van der Waals surface area contributed by atoms with Gasteiger partial charge in [-0.3, -0.25) is 0 Å². The molecule has 0 radical (unpaired) electrons. The number of nitrogens with zero attached hydrogens (tertiary/aromatic N) is 3. The van der Waals surface area contributed by atoms with Crippen molar-refractivity contribution < 1.29 is 0 Å². The van der Waals surface area contributed by atoms with Gasteiger partial charge in [0.2, 0.25) is 5.95 Å². The van der Waals surface area contributed by atoms with Crippen molar-refractivity contribution >= 4 is 5.95 Å². The molecule has 1 aromatic heterocycles. The Bertz CT molecular complexity index is 338. The number of aromatic nitrogens is 2. The fraction of sp³-hybridized carbons (Fsp3) is 0.733. The van der Waals surface area contributed by atoms with Crippen molar-refractivity contribution in [2.45, 2.75) is 53.9 Å². The summed E-state index contributed by atoms with van der Waals surface area (Å²) in [4.78, 5) is 11.3. The van der Waals surface area contributed by atoms with E-state index in [0.29, 0.717) is 5.41 Å². The molecule has 0 unspecified atom stereocenters. The number of hydrogen-bond acceptors (Lipinski definition) is 3. The molecule has 0 saturated heterocycles. The van der Waals surface area contributed by atoms with E-state index in [-0.39, 0.29) is 0 Å². The average molecular weight is 249 g/mol. The molecule has 0 N–H and O–H groups in total. The van der Waals surface area contributed by atoms with Crippen molar-refractivity contribution in [1.29, 1.82) is 0 Å². The second-order valence-electron chi connectivity index (χ2n) is 6.04. The van der Waals surface area contributed by atoms with Gasteiger partial charge in [-0.1, -0.05) is 34.6 Å². The third kappa shape index (κ3) is 5.03. The molecule has 1 aromatic rings. The van der Waals surface area contributed by atoms with Crippen molar-refractivity contribution in [3.05, 3.63) is 18.0 Å². The second kappa shape index (κ2) is 6.72. The van der Waals surface area contributed by atoms with E-state index in [1.54, 1.807) is 0 Å². The lowest BCUT2D eigenvalue weighted by molar-refractivity contribution is 0.377. The lowest BCUT2D eigenvalue weighted by Crippen LogP contribution is -2.29. The maximum absolute atomic E-state index is 4.48. The van der Waals surface area contributed by atoms with E-state index in [0.717, 1.165) is 38.3 Å². The minimum atomic E-state index is 0.356. The number of anilines is 1. The van der Waals surface area contributed by atoms with Crippen LogP contribution in [0.3, 0.4) is 0 Å². The molecule has 102 valence electrons. The molecule has 0 aliphatic rings. The summed E-state index contributed by atoms with van der Waals surface area (Å²) in [5, 5.41) is 0. The highest BCUT2D eigenvalue weighted by Crippen LogP contribution is 2.20. The van der Waals surface area contributed by atoms with Crippen LogP contribution in [0.25, 0.3) is 0 Å². The Kier molecular flexibility index (Phi) is 5.57. The highest BCUT2D eigenvalue weighted by atomic mass is 15.2. The zero-order valence-corrected chi connectivity index (χ0v) is 12.5. The van der Waals surface area contributed by atoms with E-state index in [2.05, 4.69) is 49.5 Å². The second-order valence-corrected chi connectivity index (χ2v) is 6.04. The van der Waals surface area contributed by atoms with Crippen LogP contribution in [0.2, 0.25) is 0 Å². The summed E-state index contributed by atoms with van der Waals surface area (Å²) in [5.74, 6) is 0.873. The van der Waals surface area contributed by atoms with Crippen LogP contribution < -0.4 is 4.90 Å². The normalized spacial score (nSPS) is 11.6. The van der Waals surface area contributed by atoms with Gasteiger partial charge in [0.15, 0.2) is 0 Å². The maximum atomic E-state index is 4.48. The van der Waals surface area contributed by atoms with E-state index >= 15 is 0 Å². The molecule has 0 aliphatic heterocycles. The molecule has 0 aromatic carbocycles. The van der Waals surface area contributed by atoms with Crippen molar-refractivity contribution in [2.24, 2.45) is 5.41 Å². The fourth-order valence-electron chi connectivity index (χ4n) is 1.75. The summed E-state index contributed by atoms with van der Waals surface area (Å²) in [6.45, 7) is 13.2. The topological polar surface area (TPSA) is 29.0 Å². The van der Waals surface area contributed by atoms with E-state index in [1.165, 1.54) is 5.56 Å². The van der Waals surface area contributed by atoms with E-state index in [4.69, 9.17) is 0 Å². The fourth-order valence-corrected chi connectivity index (χ4v) is 1.75. The van der Waals surface area contributed by atoms with Gasteiger partial charge in [0.1, 0.15) is 0 Å². The van der Waals surface area contributed by atoms with Gasteiger partial charge in [-0.25, -0.2) is 9.97 Å². The average Bonchev–Trinajstić information content (AvgIpc) is 2.33. The minimum Gasteiger partial charge on any atom is -0.341 e. The van der Waals surface area contributed by atoms with Gasteiger partial charge in [0, 0.05) is 25.5 Å². The van der Waals surface area contributed by atoms with Gasteiger partial charge in [0.25, 0.3) is 0 Å². The summed E-state index contributed by atoms with van der Waals surface area (Å²) in [7, 11) is 0. The first-order chi connectivity index (χ1) is 8.46. The van der Waals surface area contributed by atoms with Gasteiger partial charge < -0.3 is 4.90 Å². The predicted molar refractivity (Wildman–Crippen MR) is 78.0 cm³/mol. The number of aryl methyl sites for hydroxylation is 1. The SMILES string of the molecule is CCCN(CCC(C)(C)C)c1ncc(CC)cn1. The lowest BCUT2D eigenvalue weighted by Gasteiger charge is -2.26. The Hall–Kier alpha value is -1.12. The molecule has 1 rings (SSSR count). The third-order valence-electron chi connectivity index (χ3n) is 3.01. The number of hydrogen-bond donors (Lipinski definition) is 0. The molecular formula is C15H27N3. The lowest BCUT2D eigenvalue weighted by atomic mass is 9.92. The first-order valence-electron chi connectivity index (χ1n) is 7.02. The van der Waals surface area contributed by atoms with Crippen molar-refractivity contribution in [2.75, 3.05) is 18.0 Å². The Morgan fingerprint density at radius 1 is 1.06 bits per heavy atom. The van der Waals surface area contributed by atoms with Crippen molar-refractivity contribution in [3.63, 3.8) is 0 Å². The standard InChI is InChI=1S/C15H27N3/c1-6-9-18(10-8-15(3,4)5)14-16-11-13(7-2)12-17-14/h11-12H,6-10H2,1-5H3. The summed E-state index contributed by atoms with van der Waals surface area (Å²) in [6, 6.07) is 0. The van der Waals surface area contributed by atoms with Crippen LogP contribution in [0.1, 0.15) is 53.0 Å². The first kappa shape index (κ1) is 14.9. The van der Waals surface area contributed by atoms with Crippen LogP contribution in [0.5, 0.6) is 0 Å². The zero-order chi connectivity index (χ0) is 13.6. The predicted octanol–water partition coefficient (Wildman–Crippen LogP) is 3.69. The summed E-state index contributed by atoms with van der Waals surface area (Å²) in [5.41, 5.74) is 1.56. The Morgan fingerprint density at radius 3 is 2.11 bits per heavy atom. The molecule has 3 heteroatoms. The molecule has 18 heavy (non-hydrogen) atoms. The molecule has 0 fully saturated rings. The Morgan fingerprint density at radius 2 is 1.67 bits per heavy atom. The third-order valence-corrected chi connectivity index (χ3v) is 3.01. The molecule has 0 saturated carbocycles. The molecule has 0 bridgehead atoms. The molecular weight excluding hydrogens is 222 g/mol. The van der Waals surface area contributed by atoms with Gasteiger partial charge in [-0.05, 0) is 30.2 Å². The molecule has 3 nitrogen and oxygen atoms in total. The quantitative estimate of drug-likeness (QED) is 0.770. The van der Waals surface area contributed by atoms with E-state index in [9.17, 15) is 0 Å². The summed E-state index contributed by atoms with van der Waals surface area (Å²) >= 11 is 0. The van der Waals surface area contributed by atoms with Crippen molar-refractivity contribution in [3.8, 4) is 0 Å². The number of rotatable bonds is 6. The maximum Gasteiger partial charge on any atom is 0.225 e. The molecule has 0 amide bonds. The molecule has 0 spiro atoms. The molecule has 0 atom stereocenters. The zero-order valence-electron chi connectivity index (χ0n) is 12.5. The van der Waals surface area contributed by atoms with Crippen molar-refractivity contribution in [1.82, 2.24) is 9.97 Å². The largest absolute Gasteiger partial charge is 0.341 e. The van der Waals surface area contributed by atoms with Crippen LogP contribution in [0, 0.1) is 5.41 Å². The van der Waals surface area contributed by atoms with Gasteiger partial charge in [0.05, 0.1) is 0 Å². The van der Waals surface area contributed by atoms with E-state index in [1.807, 2.05) is 12.4 Å². The van der Waals surface area contributed by atoms with Crippen LogP contribution >= 0.6 is 0 Å². The smallest absolute Gasteiger partial charge is 0.225 e. The van der Waals surface area contributed by atoms with Crippen LogP contribution in [0.4, 0.5) is 5.95 Å². The minimum absolute atomic E-state index is 0.356. The Labute approximate surface area is 112 Å². The Balaban J connectivity index is 2.70.